The van der Waals surface area contributed by atoms with Gasteiger partial charge in [-0.3, -0.25) is 4.79 Å². The standard InChI is InChI=1S/C22H26N4O.2C20H26ClN3O3.C19H22ClN3O3.C16H20ClN3O/c1-22(27,17-10-12-26(2)13-11-17)20-9-8-16-15-23-21(14-19(16)25-20)24-18-6-4-3-5-7-18;2*1-19(2,3)27-18(25)24-9-7-14(8-10-24)20(4,26)16-6-5-13-12-22-17(21)11-15(13)23-16;1-19(2,3)26-18(25)23-8-6-12(7-9-23)17(24)14-5-4-13-11-21-16(20)10-15(13)22-14;1-16(21,12-5-7-20(2)8-6-12)14-4-3-11-10-18-15(17)9-13(11)19-14/h3-9,14-15,17,27H,10-13H2,1-2H3,(H,23,24);2*5-6,11-12,14,26H,7-10H2,1-4H3;4-5,10-12H,6-9H2,1-3H3;3-4,9-10,12,21H,5-8H2,1-2H3/t22-;20-;;;16-/m11..1/s1. The summed E-state index contributed by atoms with van der Waals surface area (Å²) in [4.78, 5) is 103. The van der Waals surface area contributed by atoms with E-state index in [9.17, 15) is 39.6 Å². The normalized spacial score (nSPS) is 18.2. The predicted molar refractivity (Wildman–Crippen MR) is 502 cm³/mol. The molecule has 5 aliphatic rings. The molecule has 27 nitrogen and oxygen atoms in total. The molecule has 0 spiro atoms. The van der Waals surface area contributed by atoms with Gasteiger partial charge in [-0.2, -0.15) is 0 Å². The van der Waals surface area contributed by atoms with Crippen LogP contribution in [0.5, 0.6) is 0 Å². The van der Waals surface area contributed by atoms with E-state index in [1.165, 1.54) is 0 Å². The number of para-hydroxylation sites is 1. The molecule has 5 aliphatic heterocycles. The molecular weight excluding hydrogens is 1710 g/mol. The number of benzene rings is 1. The van der Waals surface area contributed by atoms with Crippen LogP contribution in [0.25, 0.3) is 54.5 Å². The molecule has 0 radical (unpaired) electrons. The molecule has 3 amide bonds. The van der Waals surface area contributed by atoms with E-state index in [-0.39, 0.29) is 53.7 Å². The number of halogens is 4. The molecule has 5 fully saturated rings. The van der Waals surface area contributed by atoms with Gasteiger partial charge in [0.15, 0.2) is 5.78 Å². The van der Waals surface area contributed by atoms with Gasteiger partial charge < -0.3 is 64.5 Å². The van der Waals surface area contributed by atoms with Gasteiger partial charge in [-0.05, 0) is 291 Å². The van der Waals surface area contributed by atoms with Gasteiger partial charge >= 0.3 is 18.3 Å². The quantitative estimate of drug-likeness (QED) is 0.0431. The molecule has 1 unspecified atom stereocenters. The van der Waals surface area contributed by atoms with Crippen LogP contribution in [-0.2, 0) is 36.6 Å². The molecule has 15 heterocycles. The van der Waals surface area contributed by atoms with Crippen molar-refractivity contribution < 1.29 is 53.8 Å². The van der Waals surface area contributed by atoms with Crippen LogP contribution in [0.3, 0.4) is 0 Å². The zero-order valence-corrected chi connectivity index (χ0v) is 78.9. The number of likely N-dealkylation sites (tertiary alicyclic amines) is 5. The first-order valence-electron chi connectivity index (χ1n) is 43.9. The molecule has 11 aromatic rings. The average molecular weight is 1830 g/mol. The largest absolute Gasteiger partial charge is 0.444 e. The minimum Gasteiger partial charge on any atom is -0.444 e. The van der Waals surface area contributed by atoms with Crippen molar-refractivity contribution in [2.45, 2.75) is 193 Å². The number of carbonyl (C=O) groups is 4. The second kappa shape index (κ2) is 41.1. The van der Waals surface area contributed by atoms with Crippen LogP contribution in [0.15, 0.2) is 152 Å². The highest BCUT2D eigenvalue weighted by molar-refractivity contribution is 6.31. The van der Waals surface area contributed by atoms with Crippen LogP contribution in [0, 0.1) is 29.6 Å². The Labute approximate surface area is 769 Å². The van der Waals surface area contributed by atoms with Crippen LogP contribution in [0.2, 0.25) is 20.6 Å². The number of piperidine rings is 5. The fourth-order valence-corrected chi connectivity index (χ4v) is 17.3. The highest BCUT2D eigenvalue weighted by Crippen LogP contribution is 2.42. The van der Waals surface area contributed by atoms with Crippen LogP contribution >= 0.6 is 46.4 Å². The molecule has 0 saturated carbocycles. The lowest BCUT2D eigenvalue weighted by molar-refractivity contribution is -0.0409. The van der Waals surface area contributed by atoms with Crippen molar-refractivity contribution in [1.29, 1.82) is 0 Å². The Hall–Kier alpha value is -9.78. The number of amides is 3. The van der Waals surface area contributed by atoms with Gasteiger partial charge in [0.25, 0.3) is 0 Å². The van der Waals surface area contributed by atoms with E-state index in [0.29, 0.717) is 138 Å². The number of aromatic nitrogens is 10. The number of ether oxygens (including phenoxy) is 3. The molecule has 682 valence electrons. The number of Topliss-reactive ketones (excluding diaryl/α,β-unsaturated/α-hetero) is 1. The summed E-state index contributed by atoms with van der Waals surface area (Å²) in [7, 11) is 4.25. The van der Waals surface area contributed by atoms with Crippen molar-refractivity contribution in [3.63, 3.8) is 0 Å². The Morgan fingerprint density at radius 1 is 0.344 bits per heavy atom. The summed E-state index contributed by atoms with van der Waals surface area (Å²) in [5.41, 5.74) is 2.20. The molecule has 128 heavy (non-hydrogen) atoms. The number of fused-ring (bicyclic) bond motifs is 5. The lowest BCUT2D eigenvalue weighted by Gasteiger charge is -2.39. The van der Waals surface area contributed by atoms with E-state index in [2.05, 4.69) is 74.1 Å². The zero-order valence-electron chi connectivity index (χ0n) is 75.8. The predicted octanol–water partition coefficient (Wildman–Crippen LogP) is 19.1. The number of aliphatic hydroxyl groups is 4. The van der Waals surface area contributed by atoms with Gasteiger partial charge in [0, 0.05) is 139 Å². The monoisotopic (exact) mass is 1820 g/mol. The maximum Gasteiger partial charge on any atom is 0.410 e. The van der Waals surface area contributed by atoms with Crippen molar-refractivity contribution in [1.82, 2.24) is 74.3 Å². The highest BCUT2D eigenvalue weighted by Gasteiger charge is 2.43. The molecule has 0 bridgehead atoms. The second-order valence-corrected chi connectivity index (χ2v) is 39.4. The van der Waals surface area contributed by atoms with Crippen LogP contribution < -0.4 is 5.32 Å². The first-order valence-corrected chi connectivity index (χ1v) is 45.4. The Morgan fingerprint density at radius 3 is 0.914 bits per heavy atom. The summed E-state index contributed by atoms with van der Waals surface area (Å²) in [6.07, 6.45) is 15.5. The average Bonchev–Trinajstić information content (AvgIpc) is 0.790. The number of nitrogens with one attached hydrogen (secondary N) is 1. The third kappa shape index (κ3) is 25.7. The highest BCUT2D eigenvalue weighted by atomic mass is 35.5. The molecule has 5 saturated heterocycles. The van der Waals surface area contributed by atoms with Crippen LogP contribution in [0.1, 0.15) is 187 Å². The molecule has 16 rings (SSSR count). The Bertz CT molecular complexity index is 5560. The molecule has 31 heteroatoms. The second-order valence-electron chi connectivity index (χ2n) is 37.9. The van der Waals surface area contributed by atoms with Crippen LogP contribution in [-0.4, -0.2) is 215 Å². The summed E-state index contributed by atoms with van der Waals surface area (Å²) in [5.74, 6) is 1.06. The number of ketones is 1. The summed E-state index contributed by atoms with van der Waals surface area (Å²) in [5, 5.41) is 54.0. The van der Waals surface area contributed by atoms with Crippen molar-refractivity contribution >= 4 is 136 Å². The van der Waals surface area contributed by atoms with Gasteiger partial charge in [-0.15, -0.1) is 0 Å². The number of anilines is 2. The van der Waals surface area contributed by atoms with E-state index in [0.717, 1.165) is 107 Å². The maximum atomic E-state index is 12.8. The van der Waals surface area contributed by atoms with E-state index >= 15 is 0 Å². The molecule has 1 aromatic carbocycles. The lowest BCUT2D eigenvalue weighted by Crippen LogP contribution is -2.46. The van der Waals surface area contributed by atoms with Gasteiger partial charge in [0.1, 0.15) is 71.3 Å². The molecular formula is C97H120Cl4N16O11. The van der Waals surface area contributed by atoms with Gasteiger partial charge in [0.05, 0.1) is 50.4 Å². The van der Waals surface area contributed by atoms with E-state index in [1.54, 1.807) is 83.7 Å². The molecule has 5 N–H and O–H groups in total. The third-order valence-electron chi connectivity index (χ3n) is 24.5. The Morgan fingerprint density at radius 2 is 0.609 bits per heavy atom. The number of nitrogens with zero attached hydrogens (tertiary/aromatic N) is 15. The molecule has 10 aromatic heterocycles. The number of carbonyl (C=O) groups excluding carboxylic acids is 4. The fraction of sp³-hybridized carbons (Fsp3) is 0.485. The topological polar surface area (TPSA) is 334 Å². The van der Waals surface area contributed by atoms with E-state index in [4.69, 9.17) is 65.6 Å². The number of rotatable bonds is 12. The Balaban J connectivity index is 0.000000145. The minimum atomic E-state index is -1.09. The summed E-state index contributed by atoms with van der Waals surface area (Å²) >= 11 is 23.8. The maximum absolute atomic E-state index is 12.8. The smallest absolute Gasteiger partial charge is 0.410 e. The number of pyridine rings is 10. The molecule has 0 aliphatic carbocycles. The first kappa shape index (κ1) is 97.3. The van der Waals surface area contributed by atoms with Gasteiger partial charge in [-0.25, -0.2) is 64.2 Å². The number of hydrogen-bond donors (Lipinski definition) is 5. The third-order valence-corrected chi connectivity index (χ3v) is 25.4. The summed E-state index contributed by atoms with van der Waals surface area (Å²) < 4.78 is 16.3. The summed E-state index contributed by atoms with van der Waals surface area (Å²) in [6.45, 7) is 31.3. The molecule has 4 atom stereocenters. The van der Waals surface area contributed by atoms with Crippen molar-refractivity contribution in [3.8, 4) is 0 Å². The number of hydrogen-bond acceptors (Lipinski definition) is 24. The summed E-state index contributed by atoms with van der Waals surface area (Å²) in [6, 6.07) is 37.5. The van der Waals surface area contributed by atoms with Crippen molar-refractivity contribution in [2.24, 2.45) is 29.6 Å². The van der Waals surface area contributed by atoms with Crippen LogP contribution in [0.4, 0.5) is 25.9 Å². The fourth-order valence-electron chi connectivity index (χ4n) is 16.7. The zero-order chi connectivity index (χ0) is 92.4. The lowest BCUT2D eigenvalue weighted by atomic mass is 9.79. The van der Waals surface area contributed by atoms with Crippen molar-refractivity contribution in [2.75, 3.05) is 84.9 Å². The minimum absolute atomic E-state index is 0.00144. The van der Waals surface area contributed by atoms with Gasteiger partial charge in [-0.1, -0.05) is 64.6 Å². The van der Waals surface area contributed by atoms with Gasteiger partial charge in [0.2, 0.25) is 0 Å². The van der Waals surface area contributed by atoms with E-state index < -0.39 is 39.2 Å². The van der Waals surface area contributed by atoms with E-state index in [1.807, 2.05) is 173 Å². The van der Waals surface area contributed by atoms with Crippen molar-refractivity contribution in [3.05, 3.63) is 201 Å². The Kier molecular flexibility index (Phi) is 31.3. The first-order chi connectivity index (χ1) is 60.3. The SMILES string of the molecule is CC(C)(C)OC(=O)N1CCC(C(=O)c2ccc3cnc(Cl)cc3n2)CC1.CC(C)(C)OC(=O)N1CCC(C(C)(O)c2ccc3cnc(Cl)cc3n2)CC1.CC(C)(C)OC(=O)N1CCC([C@@](C)(O)c2ccc3cnc(Cl)cc3n2)CC1.CN1CCC([C@@](C)(O)c2ccc3cnc(Cl)cc3n2)CC1.CN1CCC([C@@](C)(O)c2ccc3cnc(Nc4ccccc4)cc3n2)CC1.